The van der Waals surface area contributed by atoms with Gasteiger partial charge in [0.2, 0.25) is 11.8 Å². The van der Waals surface area contributed by atoms with Gasteiger partial charge in [0.25, 0.3) is 0 Å². The lowest BCUT2D eigenvalue weighted by Crippen LogP contribution is -2.07. The minimum Gasteiger partial charge on any atom is -0.476 e. The number of aryl methyl sites for hydroxylation is 2. The topological polar surface area (TPSA) is 108 Å². The summed E-state index contributed by atoms with van der Waals surface area (Å²) >= 11 is 0. The molecule has 0 fully saturated rings. The fourth-order valence-corrected chi connectivity index (χ4v) is 2.69. The molecule has 0 aliphatic carbocycles. The van der Waals surface area contributed by atoms with Crippen LogP contribution in [0.15, 0.2) is 0 Å². The summed E-state index contributed by atoms with van der Waals surface area (Å²) < 4.78 is 14.4. The Balaban J connectivity index is 2.01. The van der Waals surface area contributed by atoms with Crippen molar-refractivity contribution < 1.29 is 9.47 Å². The maximum absolute atomic E-state index is 5.66. The van der Waals surface area contributed by atoms with Gasteiger partial charge in [0.15, 0.2) is 11.3 Å². The Labute approximate surface area is 142 Å². The summed E-state index contributed by atoms with van der Waals surface area (Å²) in [6.07, 6.45) is 1.88. The maximum atomic E-state index is 5.66. The molecule has 0 spiro atoms. The highest BCUT2D eigenvalue weighted by Crippen LogP contribution is 2.23. The van der Waals surface area contributed by atoms with Crippen molar-refractivity contribution in [3.05, 3.63) is 22.4 Å². The van der Waals surface area contributed by atoms with Crippen LogP contribution in [0.25, 0.3) is 17.4 Å². The summed E-state index contributed by atoms with van der Waals surface area (Å²) in [5, 5.41) is 16.8. The van der Waals surface area contributed by atoms with Gasteiger partial charge in [-0.25, -0.2) is 9.97 Å². The van der Waals surface area contributed by atoms with Crippen LogP contribution in [-0.4, -0.2) is 52.8 Å². The number of H-pyrrole nitrogens is 1. The van der Waals surface area contributed by atoms with E-state index in [-0.39, 0.29) is 0 Å². The third kappa shape index (κ3) is 2.46. The molecule has 0 atom stereocenters. The van der Waals surface area contributed by atoms with Gasteiger partial charge in [-0.1, -0.05) is 0 Å². The van der Waals surface area contributed by atoms with Crippen molar-refractivity contribution in [1.29, 1.82) is 0 Å². The number of aromatic amines is 1. The van der Waals surface area contributed by atoms with Crippen molar-refractivity contribution in [1.82, 2.24) is 39.6 Å². The molecule has 0 aliphatic rings. The molecule has 0 aromatic carbocycles. The van der Waals surface area contributed by atoms with E-state index in [9.17, 15) is 0 Å². The van der Waals surface area contributed by atoms with Crippen LogP contribution in [-0.2, 0) is 0 Å². The standard InChI is InChI=1S/C15H18N8O2/c1-5-24-14-10(12-16-8(3)18-22(12)20-14)7-11-13-17-9(4)19-23(13)21-15(11)25-6-2/h7H,5-6H2,1-4H3,(H,16,18)/b11-7+. The van der Waals surface area contributed by atoms with E-state index in [1.165, 1.54) is 4.63 Å². The molecule has 0 saturated carbocycles. The predicted octanol–water partition coefficient (Wildman–Crippen LogP) is 0.457. The van der Waals surface area contributed by atoms with E-state index < -0.39 is 0 Å². The molecular formula is C15H18N8O2. The number of nitrogens with one attached hydrogen (secondary N) is 1. The highest BCUT2D eigenvalue weighted by atomic mass is 16.5. The Kier molecular flexibility index (Phi) is 3.52. The van der Waals surface area contributed by atoms with Crippen LogP contribution in [0.1, 0.15) is 31.1 Å². The van der Waals surface area contributed by atoms with Gasteiger partial charge in [-0.3, -0.25) is 5.10 Å². The lowest BCUT2D eigenvalue weighted by atomic mass is 10.2. The van der Waals surface area contributed by atoms with Gasteiger partial charge in [0.1, 0.15) is 11.6 Å². The van der Waals surface area contributed by atoms with Gasteiger partial charge >= 0.3 is 0 Å². The lowest BCUT2D eigenvalue weighted by Gasteiger charge is -1.99. The Morgan fingerprint density at radius 3 is 2.48 bits per heavy atom. The summed E-state index contributed by atoms with van der Waals surface area (Å²) in [4.78, 5) is 8.93. The second-order valence-corrected chi connectivity index (χ2v) is 5.46. The molecule has 4 rings (SSSR count). The van der Waals surface area contributed by atoms with Crippen molar-refractivity contribution in [2.75, 3.05) is 13.2 Å². The first kappa shape index (κ1) is 15.4. The fourth-order valence-electron chi connectivity index (χ4n) is 2.69. The molecule has 0 aliphatic heterocycles. The fraction of sp³-hybridized carbons (Fsp3) is 0.400. The van der Waals surface area contributed by atoms with Crippen LogP contribution < -0.4 is 14.7 Å². The molecule has 4 heterocycles. The van der Waals surface area contributed by atoms with Crippen LogP contribution in [0.2, 0.25) is 0 Å². The summed E-state index contributed by atoms with van der Waals surface area (Å²) in [6, 6.07) is 0. The first-order valence-electron chi connectivity index (χ1n) is 8.06. The Morgan fingerprint density at radius 1 is 0.960 bits per heavy atom. The Morgan fingerprint density at radius 2 is 1.72 bits per heavy atom. The second kappa shape index (κ2) is 5.72. The Hall–Kier alpha value is -3.17. The summed E-state index contributed by atoms with van der Waals surface area (Å²) in [5.41, 5.74) is 2.02. The van der Waals surface area contributed by atoms with Crippen LogP contribution in [0.3, 0.4) is 0 Å². The number of hydrogen-bond donors (Lipinski definition) is 1. The number of ether oxygens (including phenoxy) is 2. The number of hydrogen-bond acceptors (Lipinski definition) is 7. The summed E-state index contributed by atoms with van der Waals surface area (Å²) in [5.74, 6) is 2.35. The molecular weight excluding hydrogens is 324 g/mol. The normalized spacial score (nSPS) is 12.6. The largest absolute Gasteiger partial charge is 0.476 e. The molecule has 10 heteroatoms. The maximum Gasteiger partial charge on any atom is 0.244 e. The van der Waals surface area contributed by atoms with E-state index in [0.717, 1.165) is 16.6 Å². The molecule has 130 valence electrons. The minimum absolute atomic E-state index is 0.464. The van der Waals surface area contributed by atoms with Crippen LogP contribution in [0.5, 0.6) is 11.8 Å². The van der Waals surface area contributed by atoms with Crippen molar-refractivity contribution in [2.24, 2.45) is 0 Å². The van der Waals surface area contributed by atoms with Gasteiger partial charge in [-0.05, 0) is 33.8 Å². The van der Waals surface area contributed by atoms with Gasteiger partial charge in [-0.2, -0.15) is 0 Å². The number of nitrogens with zero attached hydrogens (tertiary/aromatic N) is 7. The zero-order valence-electron chi connectivity index (χ0n) is 14.4. The monoisotopic (exact) mass is 342 g/mol. The molecule has 0 unspecified atom stereocenters. The van der Waals surface area contributed by atoms with E-state index in [4.69, 9.17) is 9.47 Å². The minimum atomic E-state index is 0.464. The van der Waals surface area contributed by atoms with Crippen molar-refractivity contribution in [3.63, 3.8) is 0 Å². The zero-order chi connectivity index (χ0) is 17.6. The molecule has 0 saturated heterocycles. The Bertz CT molecular complexity index is 1110. The number of fused-ring (bicyclic) bond motifs is 2. The molecule has 25 heavy (non-hydrogen) atoms. The van der Waals surface area contributed by atoms with E-state index in [1.54, 1.807) is 4.63 Å². The predicted molar refractivity (Wildman–Crippen MR) is 88.7 cm³/mol. The highest BCUT2D eigenvalue weighted by molar-refractivity contribution is 5.72. The molecule has 4 aromatic rings. The SMILES string of the molecule is CCOc1nn2[nH]c(C)nc2c1/C=c1/c(OCC)nn2nc(C)nc12. The van der Waals surface area contributed by atoms with Crippen molar-refractivity contribution >= 4 is 17.4 Å². The van der Waals surface area contributed by atoms with Gasteiger partial charge in [0.05, 0.1) is 24.0 Å². The zero-order valence-corrected chi connectivity index (χ0v) is 14.4. The molecule has 10 nitrogen and oxygen atoms in total. The summed E-state index contributed by atoms with van der Waals surface area (Å²) in [6.45, 7) is 8.49. The quantitative estimate of drug-likeness (QED) is 0.561. The smallest absolute Gasteiger partial charge is 0.244 e. The van der Waals surface area contributed by atoms with Gasteiger partial charge < -0.3 is 9.47 Å². The van der Waals surface area contributed by atoms with Crippen LogP contribution in [0.4, 0.5) is 0 Å². The van der Waals surface area contributed by atoms with E-state index >= 15 is 0 Å². The van der Waals surface area contributed by atoms with Crippen LogP contribution in [0, 0.1) is 13.8 Å². The van der Waals surface area contributed by atoms with E-state index in [1.807, 2.05) is 33.8 Å². The van der Waals surface area contributed by atoms with Gasteiger partial charge in [0, 0.05) is 0 Å². The van der Waals surface area contributed by atoms with Gasteiger partial charge in [-0.15, -0.1) is 24.6 Å². The molecule has 0 bridgehead atoms. The molecule has 0 radical (unpaired) electrons. The van der Waals surface area contributed by atoms with Crippen LogP contribution >= 0.6 is 0 Å². The van der Waals surface area contributed by atoms with Crippen molar-refractivity contribution in [3.8, 4) is 11.8 Å². The second-order valence-electron chi connectivity index (χ2n) is 5.46. The van der Waals surface area contributed by atoms with E-state index in [0.29, 0.717) is 42.1 Å². The average Bonchev–Trinajstić information content (AvgIpc) is 3.24. The third-order valence-electron chi connectivity index (χ3n) is 3.61. The first-order chi connectivity index (χ1) is 12.1. The third-order valence-corrected chi connectivity index (χ3v) is 3.61. The molecule has 1 N–H and O–H groups in total. The molecule has 4 aromatic heterocycles. The molecule has 0 amide bonds. The number of rotatable bonds is 5. The number of aromatic nitrogens is 8. The lowest BCUT2D eigenvalue weighted by molar-refractivity contribution is 0.321. The first-order valence-corrected chi connectivity index (χ1v) is 8.06. The highest BCUT2D eigenvalue weighted by Gasteiger charge is 2.18. The average molecular weight is 342 g/mol. The summed E-state index contributed by atoms with van der Waals surface area (Å²) in [7, 11) is 0. The van der Waals surface area contributed by atoms with Crippen molar-refractivity contribution in [2.45, 2.75) is 27.7 Å². The van der Waals surface area contributed by atoms with E-state index in [2.05, 4.69) is 30.4 Å².